The molecular weight excluding hydrogens is 264 g/mol. The maximum absolute atomic E-state index is 11.5. The molecule has 21 heavy (non-hydrogen) atoms. The first-order valence-corrected chi connectivity index (χ1v) is 7.75. The van der Waals surface area contributed by atoms with Crippen molar-refractivity contribution >= 4 is 5.91 Å². The minimum Gasteiger partial charge on any atom is -0.484 e. The standard InChI is InChI=1S/C17H28N2O2/c1-5-18-14(4)6-7-15-8-10-16(11-9-15)21-12-17(20)19-13(2)3/h8-11,13-14,18H,5-7,12H2,1-4H3,(H,19,20). The van der Waals surface area contributed by atoms with Crippen LogP contribution in [0.15, 0.2) is 24.3 Å². The van der Waals surface area contributed by atoms with Crippen LogP contribution in [0.3, 0.4) is 0 Å². The lowest BCUT2D eigenvalue weighted by atomic mass is 10.1. The number of nitrogens with one attached hydrogen (secondary N) is 2. The zero-order valence-corrected chi connectivity index (χ0v) is 13.6. The summed E-state index contributed by atoms with van der Waals surface area (Å²) in [5, 5.41) is 6.20. The van der Waals surface area contributed by atoms with E-state index in [1.54, 1.807) is 0 Å². The fourth-order valence-corrected chi connectivity index (χ4v) is 2.10. The summed E-state index contributed by atoms with van der Waals surface area (Å²) in [5.41, 5.74) is 1.29. The van der Waals surface area contributed by atoms with Crippen molar-refractivity contribution in [2.45, 2.75) is 52.6 Å². The molecule has 1 aromatic rings. The maximum Gasteiger partial charge on any atom is 0.258 e. The van der Waals surface area contributed by atoms with Gasteiger partial charge in [0.2, 0.25) is 0 Å². The molecule has 0 aliphatic heterocycles. The second-order valence-electron chi connectivity index (χ2n) is 5.65. The van der Waals surface area contributed by atoms with E-state index in [1.165, 1.54) is 5.56 Å². The molecule has 4 heteroatoms. The fourth-order valence-electron chi connectivity index (χ4n) is 2.10. The Kier molecular flexibility index (Phi) is 7.83. The Morgan fingerprint density at radius 3 is 2.43 bits per heavy atom. The Morgan fingerprint density at radius 2 is 1.86 bits per heavy atom. The van der Waals surface area contributed by atoms with Crippen molar-refractivity contribution in [3.05, 3.63) is 29.8 Å². The van der Waals surface area contributed by atoms with Crippen LogP contribution in [0.5, 0.6) is 5.75 Å². The van der Waals surface area contributed by atoms with Crippen LogP contribution in [0.4, 0.5) is 0 Å². The van der Waals surface area contributed by atoms with Gasteiger partial charge in [0.1, 0.15) is 5.75 Å². The minimum absolute atomic E-state index is 0.0645. The number of benzene rings is 1. The van der Waals surface area contributed by atoms with Crippen LogP contribution in [0.2, 0.25) is 0 Å². The summed E-state index contributed by atoms with van der Waals surface area (Å²) in [6.45, 7) is 9.26. The zero-order valence-electron chi connectivity index (χ0n) is 13.6. The second-order valence-corrected chi connectivity index (χ2v) is 5.65. The molecule has 0 aromatic heterocycles. The van der Waals surface area contributed by atoms with E-state index in [9.17, 15) is 4.79 Å². The van der Waals surface area contributed by atoms with E-state index in [2.05, 4.69) is 36.6 Å². The SMILES string of the molecule is CCNC(C)CCc1ccc(OCC(=O)NC(C)C)cc1. The molecule has 1 amide bonds. The molecule has 0 aliphatic rings. The van der Waals surface area contributed by atoms with Crippen LogP contribution >= 0.6 is 0 Å². The van der Waals surface area contributed by atoms with E-state index in [1.807, 2.05) is 26.0 Å². The Balaban J connectivity index is 2.35. The highest BCUT2D eigenvalue weighted by molar-refractivity contribution is 5.77. The van der Waals surface area contributed by atoms with Crippen molar-refractivity contribution in [2.24, 2.45) is 0 Å². The van der Waals surface area contributed by atoms with E-state index < -0.39 is 0 Å². The lowest BCUT2D eigenvalue weighted by molar-refractivity contribution is -0.123. The van der Waals surface area contributed by atoms with Gasteiger partial charge in [-0.05, 0) is 57.9 Å². The minimum atomic E-state index is -0.0893. The maximum atomic E-state index is 11.5. The van der Waals surface area contributed by atoms with Gasteiger partial charge in [-0.3, -0.25) is 4.79 Å². The van der Waals surface area contributed by atoms with E-state index >= 15 is 0 Å². The third kappa shape index (κ3) is 7.71. The molecule has 0 saturated heterocycles. The summed E-state index contributed by atoms with van der Waals surface area (Å²) in [6.07, 6.45) is 2.16. The smallest absolute Gasteiger partial charge is 0.258 e. The molecule has 0 bridgehead atoms. The van der Waals surface area contributed by atoms with Crippen molar-refractivity contribution in [1.82, 2.24) is 10.6 Å². The van der Waals surface area contributed by atoms with Gasteiger partial charge in [-0.15, -0.1) is 0 Å². The average Bonchev–Trinajstić information content (AvgIpc) is 2.43. The lowest BCUT2D eigenvalue weighted by Crippen LogP contribution is -2.34. The third-order valence-electron chi connectivity index (χ3n) is 3.16. The van der Waals surface area contributed by atoms with Crippen LogP contribution in [0.1, 0.15) is 39.7 Å². The molecule has 118 valence electrons. The molecule has 1 aromatic carbocycles. The predicted molar refractivity (Wildman–Crippen MR) is 86.7 cm³/mol. The topological polar surface area (TPSA) is 50.4 Å². The van der Waals surface area contributed by atoms with E-state index in [-0.39, 0.29) is 18.6 Å². The first kappa shape index (κ1) is 17.5. The predicted octanol–water partition coefficient (Wildman–Crippen LogP) is 2.52. The molecule has 0 radical (unpaired) electrons. The second kappa shape index (κ2) is 9.40. The number of hydrogen-bond donors (Lipinski definition) is 2. The number of hydrogen-bond acceptors (Lipinski definition) is 3. The van der Waals surface area contributed by atoms with Crippen LogP contribution < -0.4 is 15.4 Å². The van der Waals surface area contributed by atoms with E-state index in [0.29, 0.717) is 6.04 Å². The summed E-state index contributed by atoms with van der Waals surface area (Å²) in [7, 11) is 0. The summed E-state index contributed by atoms with van der Waals surface area (Å²) in [4.78, 5) is 11.5. The molecule has 1 unspecified atom stereocenters. The van der Waals surface area contributed by atoms with Crippen LogP contribution in [-0.2, 0) is 11.2 Å². The van der Waals surface area contributed by atoms with Gasteiger partial charge in [0, 0.05) is 12.1 Å². The largest absolute Gasteiger partial charge is 0.484 e. The van der Waals surface area contributed by atoms with Crippen molar-refractivity contribution < 1.29 is 9.53 Å². The number of aryl methyl sites for hydroxylation is 1. The number of ether oxygens (including phenoxy) is 1. The van der Waals surface area contributed by atoms with Gasteiger partial charge in [0.05, 0.1) is 0 Å². The van der Waals surface area contributed by atoms with Gasteiger partial charge in [0.25, 0.3) is 5.91 Å². The van der Waals surface area contributed by atoms with Gasteiger partial charge in [-0.1, -0.05) is 19.1 Å². The molecule has 1 rings (SSSR count). The normalized spacial score (nSPS) is 12.2. The first-order chi connectivity index (χ1) is 10.0. The molecule has 0 spiro atoms. The molecule has 1 atom stereocenters. The van der Waals surface area contributed by atoms with Gasteiger partial charge in [0.15, 0.2) is 6.61 Å². The van der Waals surface area contributed by atoms with Crippen molar-refractivity contribution in [2.75, 3.05) is 13.2 Å². The monoisotopic (exact) mass is 292 g/mol. The van der Waals surface area contributed by atoms with Crippen LogP contribution in [-0.4, -0.2) is 31.1 Å². The lowest BCUT2D eigenvalue weighted by Gasteiger charge is -2.12. The van der Waals surface area contributed by atoms with Crippen molar-refractivity contribution in [3.8, 4) is 5.75 Å². The average molecular weight is 292 g/mol. The summed E-state index contributed by atoms with van der Waals surface area (Å²) in [6, 6.07) is 8.65. The van der Waals surface area contributed by atoms with Crippen LogP contribution in [0, 0.1) is 0 Å². The number of carbonyl (C=O) groups is 1. The Bertz CT molecular complexity index is 415. The fraction of sp³-hybridized carbons (Fsp3) is 0.588. The van der Waals surface area contributed by atoms with Gasteiger partial charge in [-0.25, -0.2) is 0 Å². The zero-order chi connectivity index (χ0) is 15.7. The van der Waals surface area contributed by atoms with Crippen LogP contribution in [0.25, 0.3) is 0 Å². The van der Waals surface area contributed by atoms with Gasteiger partial charge >= 0.3 is 0 Å². The number of amides is 1. The third-order valence-corrected chi connectivity index (χ3v) is 3.16. The summed E-state index contributed by atoms with van der Waals surface area (Å²) >= 11 is 0. The van der Waals surface area contributed by atoms with Crippen molar-refractivity contribution in [1.29, 1.82) is 0 Å². The van der Waals surface area contributed by atoms with Gasteiger partial charge < -0.3 is 15.4 Å². The number of carbonyl (C=O) groups excluding carboxylic acids is 1. The summed E-state index contributed by atoms with van der Waals surface area (Å²) in [5.74, 6) is 0.644. The molecule has 0 heterocycles. The molecule has 4 nitrogen and oxygen atoms in total. The quantitative estimate of drug-likeness (QED) is 0.735. The molecule has 0 fully saturated rings. The molecule has 2 N–H and O–H groups in total. The highest BCUT2D eigenvalue weighted by atomic mass is 16.5. The Hall–Kier alpha value is -1.55. The first-order valence-electron chi connectivity index (χ1n) is 7.75. The highest BCUT2D eigenvalue weighted by Gasteiger charge is 2.05. The van der Waals surface area contributed by atoms with E-state index in [0.717, 1.165) is 25.1 Å². The molecular formula is C17H28N2O2. The van der Waals surface area contributed by atoms with Gasteiger partial charge in [-0.2, -0.15) is 0 Å². The highest BCUT2D eigenvalue weighted by Crippen LogP contribution is 2.14. The van der Waals surface area contributed by atoms with Crippen molar-refractivity contribution in [3.63, 3.8) is 0 Å². The number of rotatable bonds is 9. The summed E-state index contributed by atoms with van der Waals surface area (Å²) < 4.78 is 5.46. The Morgan fingerprint density at radius 1 is 1.19 bits per heavy atom. The van der Waals surface area contributed by atoms with E-state index in [4.69, 9.17) is 4.74 Å². The Labute approximate surface area is 128 Å². The molecule has 0 aliphatic carbocycles. The molecule has 0 saturated carbocycles.